The Hall–Kier alpha value is -1.69. The van der Waals surface area contributed by atoms with Crippen molar-refractivity contribution in [3.8, 4) is 6.07 Å². The molecule has 0 amide bonds. The first-order valence-electron chi connectivity index (χ1n) is 6.18. The molecule has 1 fully saturated rings. The van der Waals surface area contributed by atoms with Crippen LogP contribution in [0.15, 0.2) is 18.2 Å². The average Bonchev–Trinajstić information content (AvgIpc) is 2.33. The molecular formula is C14H19N3. The van der Waals surface area contributed by atoms with Crippen molar-refractivity contribution in [3.05, 3.63) is 23.8 Å². The summed E-state index contributed by atoms with van der Waals surface area (Å²) < 4.78 is 0. The van der Waals surface area contributed by atoms with Crippen LogP contribution in [0.4, 0.5) is 11.4 Å². The molecule has 2 rings (SSSR count). The third kappa shape index (κ3) is 2.36. The minimum atomic E-state index is 0.502. The van der Waals surface area contributed by atoms with Crippen LogP contribution >= 0.6 is 0 Å². The molecule has 0 spiro atoms. The summed E-state index contributed by atoms with van der Waals surface area (Å²) in [5.74, 6) is 0.691. The lowest BCUT2D eigenvalue weighted by atomic mass is 9.94. The quantitative estimate of drug-likeness (QED) is 0.753. The molecule has 0 aromatic heterocycles. The molecule has 1 aliphatic rings. The summed E-state index contributed by atoms with van der Waals surface area (Å²) in [6, 6.07) is 8.19. The molecule has 90 valence electrons. The molecule has 0 aliphatic carbocycles. The van der Waals surface area contributed by atoms with E-state index in [1.54, 1.807) is 6.07 Å². The van der Waals surface area contributed by atoms with E-state index in [1.807, 2.05) is 12.1 Å². The number of piperidine rings is 1. The Morgan fingerprint density at radius 3 is 2.82 bits per heavy atom. The predicted octanol–water partition coefficient (Wildman–Crippen LogP) is 2.77. The van der Waals surface area contributed by atoms with Gasteiger partial charge >= 0.3 is 0 Å². The second kappa shape index (κ2) is 4.67. The van der Waals surface area contributed by atoms with Crippen molar-refractivity contribution in [2.75, 3.05) is 17.2 Å². The minimum absolute atomic E-state index is 0.502. The van der Waals surface area contributed by atoms with Gasteiger partial charge in [-0.3, -0.25) is 0 Å². The summed E-state index contributed by atoms with van der Waals surface area (Å²) in [5, 5.41) is 8.96. The molecule has 1 saturated heterocycles. The summed E-state index contributed by atoms with van der Waals surface area (Å²) in [5.41, 5.74) is 8.50. The van der Waals surface area contributed by atoms with E-state index in [4.69, 9.17) is 11.0 Å². The maximum absolute atomic E-state index is 8.96. The number of hydrogen-bond donors (Lipinski definition) is 1. The summed E-state index contributed by atoms with van der Waals surface area (Å²) in [6.45, 7) is 5.52. The Labute approximate surface area is 103 Å². The SMILES string of the molecule is CC1CCC(C)N(c2cc(C#N)ccc2N)C1. The Morgan fingerprint density at radius 2 is 2.12 bits per heavy atom. The molecule has 1 aromatic rings. The molecule has 0 radical (unpaired) electrons. The van der Waals surface area contributed by atoms with Gasteiger partial charge < -0.3 is 10.6 Å². The Kier molecular flexibility index (Phi) is 3.23. The summed E-state index contributed by atoms with van der Waals surface area (Å²) >= 11 is 0. The molecule has 1 heterocycles. The molecule has 1 aromatic carbocycles. The lowest BCUT2D eigenvalue weighted by Gasteiger charge is -2.39. The van der Waals surface area contributed by atoms with Gasteiger partial charge in [-0.05, 0) is 43.9 Å². The van der Waals surface area contributed by atoms with Gasteiger partial charge in [0.25, 0.3) is 0 Å². The largest absolute Gasteiger partial charge is 0.397 e. The van der Waals surface area contributed by atoms with E-state index in [9.17, 15) is 0 Å². The summed E-state index contributed by atoms with van der Waals surface area (Å²) in [4.78, 5) is 2.34. The van der Waals surface area contributed by atoms with Crippen LogP contribution in [0.5, 0.6) is 0 Å². The lowest BCUT2D eigenvalue weighted by Crippen LogP contribution is -2.41. The van der Waals surface area contributed by atoms with Gasteiger partial charge in [-0.1, -0.05) is 6.92 Å². The van der Waals surface area contributed by atoms with Gasteiger partial charge in [-0.25, -0.2) is 0 Å². The second-order valence-corrected chi connectivity index (χ2v) is 5.07. The van der Waals surface area contributed by atoms with Crippen LogP contribution in [-0.2, 0) is 0 Å². The van der Waals surface area contributed by atoms with Crippen LogP contribution in [0.1, 0.15) is 32.3 Å². The van der Waals surface area contributed by atoms with E-state index in [2.05, 4.69) is 24.8 Å². The smallest absolute Gasteiger partial charge is 0.0992 e. The lowest BCUT2D eigenvalue weighted by molar-refractivity contribution is 0.390. The minimum Gasteiger partial charge on any atom is -0.397 e. The zero-order valence-electron chi connectivity index (χ0n) is 10.5. The van der Waals surface area contributed by atoms with Crippen molar-refractivity contribution >= 4 is 11.4 Å². The van der Waals surface area contributed by atoms with Gasteiger partial charge in [0.2, 0.25) is 0 Å². The fraction of sp³-hybridized carbons (Fsp3) is 0.500. The van der Waals surface area contributed by atoms with Crippen molar-refractivity contribution in [2.24, 2.45) is 5.92 Å². The standard InChI is InChI=1S/C14H19N3/c1-10-3-4-11(2)17(9-10)14-7-12(8-15)5-6-13(14)16/h5-7,10-11H,3-4,9,16H2,1-2H3. The number of hydrogen-bond acceptors (Lipinski definition) is 3. The van der Waals surface area contributed by atoms with Crippen LogP contribution in [0.25, 0.3) is 0 Å². The molecule has 2 atom stereocenters. The van der Waals surface area contributed by atoms with Crippen molar-refractivity contribution < 1.29 is 0 Å². The normalized spacial score (nSPS) is 24.4. The zero-order chi connectivity index (χ0) is 12.4. The van der Waals surface area contributed by atoms with E-state index in [0.29, 0.717) is 17.5 Å². The number of benzene rings is 1. The average molecular weight is 229 g/mol. The molecule has 1 aliphatic heterocycles. The van der Waals surface area contributed by atoms with E-state index >= 15 is 0 Å². The van der Waals surface area contributed by atoms with Crippen LogP contribution in [0, 0.1) is 17.2 Å². The molecule has 2 unspecified atom stereocenters. The fourth-order valence-corrected chi connectivity index (χ4v) is 2.49. The Bertz CT molecular complexity index is 447. The third-order valence-electron chi connectivity index (χ3n) is 3.59. The summed E-state index contributed by atoms with van der Waals surface area (Å²) in [6.07, 6.45) is 2.47. The highest BCUT2D eigenvalue weighted by Crippen LogP contribution is 2.32. The highest BCUT2D eigenvalue weighted by atomic mass is 15.2. The second-order valence-electron chi connectivity index (χ2n) is 5.07. The maximum atomic E-state index is 8.96. The van der Waals surface area contributed by atoms with E-state index in [0.717, 1.165) is 17.9 Å². The van der Waals surface area contributed by atoms with Gasteiger partial charge in [0.1, 0.15) is 0 Å². The molecule has 0 bridgehead atoms. The third-order valence-corrected chi connectivity index (χ3v) is 3.59. The molecule has 3 heteroatoms. The van der Waals surface area contributed by atoms with Gasteiger partial charge in [-0.2, -0.15) is 5.26 Å². The van der Waals surface area contributed by atoms with Crippen LogP contribution in [0.2, 0.25) is 0 Å². The van der Waals surface area contributed by atoms with E-state index in [1.165, 1.54) is 12.8 Å². The van der Waals surface area contributed by atoms with Crippen molar-refractivity contribution in [1.29, 1.82) is 5.26 Å². The Balaban J connectivity index is 2.35. The number of nitriles is 1. The predicted molar refractivity (Wildman–Crippen MR) is 70.8 cm³/mol. The van der Waals surface area contributed by atoms with Gasteiger partial charge in [-0.15, -0.1) is 0 Å². The van der Waals surface area contributed by atoms with Gasteiger partial charge in [0.05, 0.1) is 23.0 Å². The first kappa shape index (κ1) is 11.8. The number of nitrogen functional groups attached to an aromatic ring is 1. The highest BCUT2D eigenvalue weighted by Gasteiger charge is 2.24. The Morgan fingerprint density at radius 1 is 1.35 bits per heavy atom. The van der Waals surface area contributed by atoms with Gasteiger partial charge in [0.15, 0.2) is 0 Å². The molecule has 17 heavy (non-hydrogen) atoms. The number of rotatable bonds is 1. The fourth-order valence-electron chi connectivity index (χ4n) is 2.49. The number of anilines is 2. The van der Waals surface area contributed by atoms with Crippen LogP contribution < -0.4 is 10.6 Å². The first-order valence-corrected chi connectivity index (χ1v) is 6.18. The topological polar surface area (TPSA) is 53.0 Å². The van der Waals surface area contributed by atoms with Gasteiger partial charge in [0, 0.05) is 12.6 Å². The first-order chi connectivity index (χ1) is 8.11. The zero-order valence-corrected chi connectivity index (χ0v) is 10.5. The number of nitrogens with two attached hydrogens (primary N) is 1. The molecule has 3 nitrogen and oxygen atoms in total. The van der Waals surface area contributed by atoms with Crippen molar-refractivity contribution in [3.63, 3.8) is 0 Å². The number of nitrogens with zero attached hydrogens (tertiary/aromatic N) is 2. The molecular weight excluding hydrogens is 210 g/mol. The van der Waals surface area contributed by atoms with Crippen LogP contribution in [0.3, 0.4) is 0 Å². The molecule has 0 saturated carbocycles. The highest BCUT2D eigenvalue weighted by molar-refractivity contribution is 5.70. The van der Waals surface area contributed by atoms with E-state index < -0.39 is 0 Å². The van der Waals surface area contributed by atoms with Crippen molar-refractivity contribution in [1.82, 2.24) is 0 Å². The van der Waals surface area contributed by atoms with Crippen molar-refractivity contribution in [2.45, 2.75) is 32.7 Å². The summed E-state index contributed by atoms with van der Waals surface area (Å²) in [7, 11) is 0. The molecule has 2 N–H and O–H groups in total. The van der Waals surface area contributed by atoms with Crippen LogP contribution in [-0.4, -0.2) is 12.6 Å². The monoisotopic (exact) mass is 229 g/mol. The maximum Gasteiger partial charge on any atom is 0.0992 e. The van der Waals surface area contributed by atoms with E-state index in [-0.39, 0.29) is 0 Å².